The summed E-state index contributed by atoms with van der Waals surface area (Å²) in [5, 5.41) is 2.80. The van der Waals surface area contributed by atoms with Gasteiger partial charge in [0.1, 0.15) is 0 Å². The Kier molecular flexibility index (Phi) is 5.27. The number of carbonyl (C=O) groups excluding carboxylic acids is 3. The Morgan fingerprint density at radius 3 is 2.62 bits per heavy atom. The number of rotatable bonds is 5. The number of nitrogens with zero attached hydrogens (tertiary/aromatic N) is 1. The lowest BCUT2D eigenvalue weighted by Crippen LogP contribution is -2.36. The minimum Gasteiger partial charge on any atom is -0.376 e. The first-order chi connectivity index (χ1) is 14.0. The number of amides is 3. The summed E-state index contributed by atoms with van der Waals surface area (Å²) in [5.74, 6) is -0.909. The summed E-state index contributed by atoms with van der Waals surface area (Å²) < 4.78 is 5.55. The third kappa shape index (κ3) is 3.98. The second kappa shape index (κ2) is 8.01. The van der Waals surface area contributed by atoms with Gasteiger partial charge in [-0.15, -0.1) is 0 Å². The minimum absolute atomic E-state index is 0.0952. The van der Waals surface area contributed by atoms with Gasteiger partial charge >= 0.3 is 0 Å². The van der Waals surface area contributed by atoms with Gasteiger partial charge in [0.25, 0.3) is 17.7 Å². The fraction of sp³-hybridized carbons (Fsp3) is 0.261. The van der Waals surface area contributed by atoms with Crippen molar-refractivity contribution in [1.82, 2.24) is 4.90 Å². The van der Waals surface area contributed by atoms with Crippen molar-refractivity contribution in [2.45, 2.75) is 25.9 Å². The number of carbonyl (C=O) groups is 3. The monoisotopic (exact) mass is 390 g/mol. The summed E-state index contributed by atoms with van der Waals surface area (Å²) in [7, 11) is 0. The molecule has 1 N–H and O–H groups in total. The summed E-state index contributed by atoms with van der Waals surface area (Å²) in [6.45, 7) is 2.67. The third-order valence-corrected chi connectivity index (χ3v) is 5.18. The SMILES string of the molecule is C/C(=C\c1ccccc1)C(=O)Nc1ccc2c(c1)C(=O)N(CC1CCCO1)C2=O. The van der Waals surface area contributed by atoms with Crippen molar-refractivity contribution in [2.24, 2.45) is 0 Å². The molecule has 2 aliphatic heterocycles. The van der Waals surface area contributed by atoms with Crippen LogP contribution in [0.25, 0.3) is 6.08 Å². The maximum Gasteiger partial charge on any atom is 0.261 e. The molecular formula is C23H22N2O4. The van der Waals surface area contributed by atoms with E-state index in [1.807, 2.05) is 30.3 Å². The van der Waals surface area contributed by atoms with Crippen LogP contribution >= 0.6 is 0 Å². The molecule has 0 aliphatic carbocycles. The molecule has 148 valence electrons. The lowest BCUT2D eigenvalue weighted by atomic mass is 10.1. The maximum atomic E-state index is 12.7. The maximum absolute atomic E-state index is 12.7. The van der Waals surface area contributed by atoms with Gasteiger partial charge in [0, 0.05) is 17.9 Å². The molecule has 0 spiro atoms. The zero-order chi connectivity index (χ0) is 20.4. The van der Waals surface area contributed by atoms with E-state index in [1.165, 1.54) is 4.90 Å². The van der Waals surface area contributed by atoms with Crippen molar-refractivity contribution in [3.05, 3.63) is 70.8 Å². The average Bonchev–Trinajstić information content (AvgIpc) is 3.32. The quantitative estimate of drug-likeness (QED) is 0.626. The lowest BCUT2D eigenvalue weighted by molar-refractivity contribution is -0.112. The molecule has 3 amide bonds. The molecule has 1 atom stereocenters. The standard InChI is InChI=1S/C23H22N2O4/c1-15(12-16-6-3-2-4-7-16)21(26)24-17-9-10-19-20(13-17)23(28)25(22(19)27)14-18-8-5-11-29-18/h2-4,6-7,9-10,12-13,18H,5,8,11,14H2,1H3,(H,24,26)/b15-12+. The van der Waals surface area contributed by atoms with Crippen LogP contribution < -0.4 is 5.32 Å². The fourth-order valence-corrected chi connectivity index (χ4v) is 3.62. The second-order valence-electron chi connectivity index (χ2n) is 7.31. The minimum atomic E-state index is -0.340. The Morgan fingerprint density at radius 1 is 1.14 bits per heavy atom. The molecule has 2 aromatic carbocycles. The van der Waals surface area contributed by atoms with E-state index in [2.05, 4.69) is 5.32 Å². The molecule has 6 nitrogen and oxygen atoms in total. The zero-order valence-electron chi connectivity index (χ0n) is 16.2. The number of fused-ring (bicyclic) bond motifs is 1. The highest BCUT2D eigenvalue weighted by Gasteiger charge is 2.37. The van der Waals surface area contributed by atoms with Crippen molar-refractivity contribution < 1.29 is 19.1 Å². The average molecular weight is 390 g/mol. The van der Waals surface area contributed by atoms with E-state index >= 15 is 0 Å². The molecule has 6 heteroatoms. The van der Waals surface area contributed by atoms with Gasteiger partial charge in [-0.1, -0.05) is 30.3 Å². The summed E-state index contributed by atoms with van der Waals surface area (Å²) in [5.41, 5.74) is 2.63. The van der Waals surface area contributed by atoms with Crippen LogP contribution in [0.4, 0.5) is 5.69 Å². The molecule has 0 saturated carbocycles. The molecule has 0 bridgehead atoms. The Morgan fingerprint density at radius 2 is 1.90 bits per heavy atom. The molecular weight excluding hydrogens is 368 g/mol. The summed E-state index contributed by atoms with van der Waals surface area (Å²) in [4.78, 5) is 39.1. The molecule has 2 aliphatic rings. The Bertz CT molecular complexity index is 991. The van der Waals surface area contributed by atoms with Gasteiger partial charge < -0.3 is 10.1 Å². The van der Waals surface area contributed by atoms with E-state index in [-0.39, 0.29) is 30.4 Å². The van der Waals surface area contributed by atoms with E-state index in [0.717, 1.165) is 18.4 Å². The van der Waals surface area contributed by atoms with Crippen LogP contribution in [-0.2, 0) is 9.53 Å². The first kappa shape index (κ1) is 19.1. The van der Waals surface area contributed by atoms with Gasteiger partial charge in [0.05, 0.1) is 23.8 Å². The van der Waals surface area contributed by atoms with Gasteiger partial charge in [-0.2, -0.15) is 0 Å². The second-order valence-corrected chi connectivity index (χ2v) is 7.31. The Hall–Kier alpha value is -3.25. The number of nitrogens with one attached hydrogen (secondary N) is 1. The van der Waals surface area contributed by atoms with Crippen molar-refractivity contribution in [3.8, 4) is 0 Å². The molecule has 1 fully saturated rings. The van der Waals surface area contributed by atoms with E-state index in [9.17, 15) is 14.4 Å². The topological polar surface area (TPSA) is 75.7 Å². The number of hydrogen-bond donors (Lipinski definition) is 1. The van der Waals surface area contributed by atoms with Crippen LogP contribution in [0.15, 0.2) is 54.1 Å². The van der Waals surface area contributed by atoms with Gasteiger partial charge in [0.15, 0.2) is 0 Å². The molecule has 0 radical (unpaired) electrons. The van der Waals surface area contributed by atoms with Gasteiger partial charge in [0.2, 0.25) is 0 Å². The van der Waals surface area contributed by atoms with Crippen molar-refractivity contribution in [3.63, 3.8) is 0 Å². The van der Waals surface area contributed by atoms with E-state index in [4.69, 9.17) is 4.74 Å². The van der Waals surface area contributed by atoms with E-state index < -0.39 is 0 Å². The number of hydrogen-bond acceptors (Lipinski definition) is 4. The van der Waals surface area contributed by atoms with Crippen LogP contribution in [0.1, 0.15) is 46.0 Å². The number of imide groups is 1. The van der Waals surface area contributed by atoms with Crippen LogP contribution in [0.2, 0.25) is 0 Å². The highest BCUT2D eigenvalue weighted by molar-refractivity contribution is 6.22. The predicted octanol–water partition coefficient (Wildman–Crippen LogP) is 3.50. The number of ether oxygens (including phenoxy) is 1. The third-order valence-electron chi connectivity index (χ3n) is 5.18. The summed E-state index contributed by atoms with van der Waals surface area (Å²) in [6.07, 6.45) is 3.49. The van der Waals surface area contributed by atoms with Gasteiger partial charge in [-0.3, -0.25) is 19.3 Å². The Balaban J connectivity index is 1.48. The smallest absolute Gasteiger partial charge is 0.261 e. The zero-order valence-corrected chi connectivity index (χ0v) is 16.2. The van der Waals surface area contributed by atoms with E-state index in [1.54, 1.807) is 31.2 Å². The molecule has 2 heterocycles. The molecule has 2 aromatic rings. The highest BCUT2D eigenvalue weighted by atomic mass is 16.5. The normalized spacial score (nSPS) is 18.9. The highest BCUT2D eigenvalue weighted by Crippen LogP contribution is 2.27. The fourth-order valence-electron chi connectivity index (χ4n) is 3.62. The molecule has 4 rings (SSSR count). The van der Waals surface area contributed by atoms with Crippen molar-refractivity contribution in [2.75, 3.05) is 18.5 Å². The predicted molar refractivity (Wildman–Crippen MR) is 110 cm³/mol. The largest absolute Gasteiger partial charge is 0.376 e. The van der Waals surface area contributed by atoms with Crippen LogP contribution in [0.3, 0.4) is 0 Å². The van der Waals surface area contributed by atoms with Gasteiger partial charge in [-0.05, 0) is 49.6 Å². The van der Waals surface area contributed by atoms with Crippen LogP contribution in [0.5, 0.6) is 0 Å². The van der Waals surface area contributed by atoms with Crippen LogP contribution in [0, 0.1) is 0 Å². The van der Waals surface area contributed by atoms with Crippen molar-refractivity contribution >= 4 is 29.5 Å². The molecule has 29 heavy (non-hydrogen) atoms. The number of anilines is 1. The first-order valence-electron chi connectivity index (χ1n) is 9.69. The lowest BCUT2D eigenvalue weighted by Gasteiger charge is -2.17. The van der Waals surface area contributed by atoms with Crippen LogP contribution in [-0.4, -0.2) is 41.9 Å². The summed E-state index contributed by atoms with van der Waals surface area (Å²) >= 11 is 0. The number of benzene rings is 2. The molecule has 1 saturated heterocycles. The van der Waals surface area contributed by atoms with E-state index in [0.29, 0.717) is 29.0 Å². The molecule has 1 unspecified atom stereocenters. The summed E-state index contributed by atoms with van der Waals surface area (Å²) in [6, 6.07) is 14.4. The Labute approximate surface area is 169 Å². The molecule has 0 aromatic heterocycles. The first-order valence-corrected chi connectivity index (χ1v) is 9.69. The van der Waals surface area contributed by atoms with Gasteiger partial charge in [-0.25, -0.2) is 0 Å². The van der Waals surface area contributed by atoms with Crippen molar-refractivity contribution in [1.29, 1.82) is 0 Å².